The molecule has 0 bridgehead atoms. The summed E-state index contributed by atoms with van der Waals surface area (Å²) >= 11 is 0. The zero-order chi connectivity index (χ0) is 16.9. The van der Waals surface area contributed by atoms with Crippen molar-refractivity contribution in [1.82, 2.24) is 10.3 Å². The van der Waals surface area contributed by atoms with Gasteiger partial charge in [-0.05, 0) is 48.2 Å². The molecule has 1 N–H and O–H groups in total. The summed E-state index contributed by atoms with van der Waals surface area (Å²) in [7, 11) is 0. The molecule has 0 atom stereocenters. The van der Waals surface area contributed by atoms with Crippen LogP contribution in [-0.4, -0.2) is 4.98 Å². The normalized spacial score (nSPS) is 10.4. The first-order chi connectivity index (χ1) is 11.6. The number of rotatable bonds is 5. The molecule has 1 aromatic heterocycles. The van der Waals surface area contributed by atoms with E-state index >= 15 is 0 Å². The highest BCUT2D eigenvalue weighted by Gasteiger charge is 2.07. The molecule has 2 aromatic carbocycles. The monoisotopic (exact) mass is 314 g/mol. The van der Waals surface area contributed by atoms with Crippen LogP contribution in [0.4, 0.5) is 0 Å². The molecule has 0 unspecified atom stereocenters. The maximum absolute atomic E-state index is 4.50. The van der Waals surface area contributed by atoms with E-state index in [2.05, 4.69) is 79.3 Å². The number of pyridine rings is 1. The van der Waals surface area contributed by atoms with Gasteiger partial charge < -0.3 is 5.32 Å². The second-order valence-corrected chi connectivity index (χ2v) is 6.02. The van der Waals surface area contributed by atoms with Gasteiger partial charge in [-0.3, -0.25) is 4.98 Å². The standard InChI is InChI=1S/C22H22N2/c1-16-8-7-13-23-22(16)20-11-12-21(17(2)14-20)18(3)24-15-19-9-5-4-6-10-19/h4-14,24H,3,15H2,1-2H3. The van der Waals surface area contributed by atoms with Crippen molar-refractivity contribution in [3.05, 3.63) is 95.7 Å². The molecule has 0 radical (unpaired) electrons. The fraction of sp³-hybridized carbons (Fsp3) is 0.136. The van der Waals surface area contributed by atoms with Gasteiger partial charge in [0.05, 0.1) is 5.69 Å². The van der Waals surface area contributed by atoms with Gasteiger partial charge in [-0.1, -0.05) is 55.1 Å². The Bertz CT molecular complexity index is 851. The minimum Gasteiger partial charge on any atom is -0.381 e. The van der Waals surface area contributed by atoms with E-state index in [4.69, 9.17) is 0 Å². The summed E-state index contributed by atoms with van der Waals surface area (Å²) in [6.07, 6.45) is 1.84. The van der Waals surface area contributed by atoms with Gasteiger partial charge in [0.1, 0.15) is 0 Å². The molecule has 3 rings (SSSR count). The third-order valence-corrected chi connectivity index (χ3v) is 4.18. The third kappa shape index (κ3) is 3.54. The molecule has 0 aliphatic rings. The van der Waals surface area contributed by atoms with Crippen LogP contribution < -0.4 is 5.32 Å². The van der Waals surface area contributed by atoms with E-state index in [0.717, 1.165) is 29.1 Å². The van der Waals surface area contributed by atoms with Crippen LogP contribution in [0.5, 0.6) is 0 Å². The Kier molecular flexibility index (Phi) is 4.76. The highest BCUT2D eigenvalue weighted by molar-refractivity contribution is 5.71. The zero-order valence-electron chi connectivity index (χ0n) is 14.2. The van der Waals surface area contributed by atoms with E-state index in [-0.39, 0.29) is 0 Å². The summed E-state index contributed by atoms with van der Waals surface area (Å²) in [6, 6.07) is 20.8. The van der Waals surface area contributed by atoms with Crippen LogP contribution in [-0.2, 0) is 6.54 Å². The van der Waals surface area contributed by atoms with Crippen LogP contribution >= 0.6 is 0 Å². The van der Waals surface area contributed by atoms with Crippen LogP contribution in [0.25, 0.3) is 17.0 Å². The topological polar surface area (TPSA) is 24.9 Å². The maximum Gasteiger partial charge on any atom is 0.0731 e. The number of nitrogens with zero attached hydrogens (tertiary/aromatic N) is 1. The minimum absolute atomic E-state index is 0.778. The molecule has 2 nitrogen and oxygen atoms in total. The van der Waals surface area contributed by atoms with Crippen molar-refractivity contribution in [1.29, 1.82) is 0 Å². The minimum atomic E-state index is 0.778. The quantitative estimate of drug-likeness (QED) is 0.706. The first-order valence-electron chi connectivity index (χ1n) is 8.15. The van der Waals surface area contributed by atoms with E-state index in [1.54, 1.807) is 0 Å². The first kappa shape index (κ1) is 16.0. The number of aromatic nitrogens is 1. The van der Waals surface area contributed by atoms with Crippen molar-refractivity contribution < 1.29 is 0 Å². The summed E-state index contributed by atoms with van der Waals surface area (Å²) in [6.45, 7) is 9.18. The number of nitrogens with one attached hydrogen (secondary N) is 1. The molecule has 0 amide bonds. The van der Waals surface area contributed by atoms with E-state index in [0.29, 0.717) is 0 Å². The summed E-state index contributed by atoms with van der Waals surface area (Å²) in [5.74, 6) is 0. The van der Waals surface area contributed by atoms with E-state index < -0.39 is 0 Å². The van der Waals surface area contributed by atoms with E-state index in [1.807, 2.05) is 18.3 Å². The Morgan fingerprint density at radius 2 is 1.75 bits per heavy atom. The lowest BCUT2D eigenvalue weighted by Crippen LogP contribution is -2.11. The lowest BCUT2D eigenvalue weighted by Gasteiger charge is -2.14. The molecular formula is C22H22N2. The van der Waals surface area contributed by atoms with Crippen molar-refractivity contribution in [2.45, 2.75) is 20.4 Å². The molecule has 0 aliphatic heterocycles. The summed E-state index contributed by atoms with van der Waals surface area (Å²) < 4.78 is 0. The van der Waals surface area contributed by atoms with E-state index in [1.165, 1.54) is 16.7 Å². The van der Waals surface area contributed by atoms with Crippen molar-refractivity contribution in [3.8, 4) is 11.3 Å². The Hall–Kier alpha value is -2.87. The number of aryl methyl sites for hydroxylation is 2. The molecule has 0 fully saturated rings. The molecule has 0 saturated heterocycles. The second-order valence-electron chi connectivity index (χ2n) is 6.02. The van der Waals surface area contributed by atoms with Gasteiger partial charge in [0.25, 0.3) is 0 Å². The van der Waals surface area contributed by atoms with Crippen molar-refractivity contribution in [3.63, 3.8) is 0 Å². The zero-order valence-corrected chi connectivity index (χ0v) is 14.2. The molecule has 0 saturated carbocycles. The smallest absolute Gasteiger partial charge is 0.0731 e. The highest BCUT2D eigenvalue weighted by atomic mass is 14.9. The van der Waals surface area contributed by atoms with Gasteiger partial charge >= 0.3 is 0 Å². The molecular weight excluding hydrogens is 292 g/mol. The van der Waals surface area contributed by atoms with Crippen LogP contribution in [0.15, 0.2) is 73.4 Å². The molecule has 120 valence electrons. The first-order valence-corrected chi connectivity index (χ1v) is 8.15. The average molecular weight is 314 g/mol. The largest absolute Gasteiger partial charge is 0.381 e. The Labute approximate surface area is 143 Å². The fourth-order valence-electron chi connectivity index (χ4n) is 2.84. The van der Waals surface area contributed by atoms with Crippen LogP contribution in [0.2, 0.25) is 0 Å². The summed E-state index contributed by atoms with van der Waals surface area (Å²) in [5, 5.41) is 3.42. The van der Waals surface area contributed by atoms with Gasteiger partial charge in [-0.25, -0.2) is 0 Å². The molecule has 2 heteroatoms. The third-order valence-electron chi connectivity index (χ3n) is 4.18. The van der Waals surface area contributed by atoms with Gasteiger partial charge in [-0.2, -0.15) is 0 Å². The highest BCUT2D eigenvalue weighted by Crippen LogP contribution is 2.25. The molecule has 1 heterocycles. The van der Waals surface area contributed by atoms with E-state index in [9.17, 15) is 0 Å². The fourth-order valence-corrected chi connectivity index (χ4v) is 2.84. The predicted octanol–water partition coefficient (Wildman–Crippen LogP) is 5.13. The lowest BCUT2D eigenvalue weighted by atomic mass is 9.99. The van der Waals surface area contributed by atoms with Crippen LogP contribution in [0.1, 0.15) is 22.3 Å². The van der Waals surface area contributed by atoms with Crippen molar-refractivity contribution >= 4 is 5.70 Å². The molecule has 3 aromatic rings. The van der Waals surface area contributed by atoms with Gasteiger partial charge in [-0.15, -0.1) is 0 Å². The van der Waals surface area contributed by atoms with Crippen LogP contribution in [0.3, 0.4) is 0 Å². The van der Waals surface area contributed by atoms with Gasteiger partial charge in [0.2, 0.25) is 0 Å². The van der Waals surface area contributed by atoms with Crippen molar-refractivity contribution in [2.24, 2.45) is 0 Å². The molecule has 24 heavy (non-hydrogen) atoms. The Balaban J connectivity index is 1.77. The average Bonchev–Trinajstić information content (AvgIpc) is 2.61. The number of hydrogen-bond acceptors (Lipinski definition) is 2. The van der Waals surface area contributed by atoms with Gasteiger partial charge in [0, 0.05) is 24.0 Å². The Morgan fingerprint density at radius 1 is 0.958 bits per heavy atom. The second kappa shape index (κ2) is 7.14. The number of hydrogen-bond donors (Lipinski definition) is 1. The SMILES string of the molecule is C=C(NCc1ccccc1)c1ccc(-c2ncccc2C)cc1C. The summed E-state index contributed by atoms with van der Waals surface area (Å²) in [4.78, 5) is 4.50. The van der Waals surface area contributed by atoms with Gasteiger partial charge in [0.15, 0.2) is 0 Å². The lowest BCUT2D eigenvalue weighted by molar-refractivity contribution is 0.890. The predicted molar refractivity (Wildman–Crippen MR) is 101 cm³/mol. The van der Waals surface area contributed by atoms with Crippen molar-refractivity contribution in [2.75, 3.05) is 0 Å². The Morgan fingerprint density at radius 3 is 2.46 bits per heavy atom. The summed E-state index contributed by atoms with van der Waals surface area (Å²) in [5.41, 5.74) is 7.90. The maximum atomic E-state index is 4.50. The molecule has 0 aliphatic carbocycles. The number of benzene rings is 2. The van der Waals surface area contributed by atoms with Crippen LogP contribution in [0, 0.1) is 13.8 Å². The molecule has 0 spiro atoms.